The maximum absolute atomic E-state index is 13.1. The second-order valence-electron chi connectivity index (χ2n) is 6.67. The molecule has 2 unspecified atom stereocenters. The summed E-state index contributed by atoms with van der Waals surface area (Å²) in [5, 5.41) is 2.44. The van der Waals surface area contributed by atoms with Crippen LogP contribution in [0.4, 0.5) is 8.78 Å². The number of thioether (sulfide) groups is 1. The zero-order valence-electron chi connectivity index (χ0n) is 18.0. The second-order valence-corrected chi connectivity index (χ2v) is 9.49. The Kier molecular flexibility index (Phi) is 14.9. The van der Waals surface area contributed by atoms with Crippen LogP contribution in [0.15, 0.2) is 0 Å². The summed E-state index contributed by atoms with van der Waals surface area (Å²) in [7, 11) is -5.55. The van der Waals surface area contributed by atoms with E-state index in [1.807, 2.05) is 6.92 Å². The van der Waals surface area contributed by atoms with E-state index < -0.39 is 56.3 Å². The lowest BCUT2D eigenvalue weighted by Crippen LogP contribution is -2.43. The third-order valence-electron chi connectivity index (χ3n) is 3.68. The maximum Gasteiger partial charge on any atom is 0.394 e. The van der Waals surface area contributed by atoms with Gasteiger partial charge in [-0.3, -0.25) is 18.9 Å². The summed E-state index contributed by atoms with van der Waals surface area (Å²) in [6, 6.07) is -0.917. The first kappa shape index (κ1) is 30.7. The van der Waals surface area contributed by atoms with Gasteiger partial charge in [0.1, 0.15) is 12.7 Å². The average molecular weight is 508 g/mol. The smallest absolute Gasteiger partial charge is 0.394 e. The van der Waals surface area contributed by atoms with Crippen molar-refractivity contribution in [1.82, 2.24) is 5.32 Å². The van der Waals surface area contributed by atoms with Crippen LogP contribution in [-0.2, 0) is 33.2 Å². The number of alkyl halides is 2. The van der Waals surface area contributed by atoms with Gasteiger partial charge in [-0.05, 0) is 6.42 Å². The summed E-state index contributed by atoms with van der Waals surface area (Å²) >= 11 is 1.22. The highest BCUT2D eigenvalue weighted by molar-refractivity contribution is 7.99. The molecule has 0 aromatic carbocycles. The Hall–Kier alpha value is -1.31. The van der Waals surface area contributed by atoms with Crippen LogP contribution in [0.25, 0.3) is 0 Å². The van der Waals surface area contributed by atoms with Gasteiger partial charge in [0.05, 0.1) is 19.3 Å². The van der Waals surface area contributed by atoms with E-state index in [1.165, 1.54) is 18.7 Å². The molecule has 0 heterocycles. The fourth-order valence-corrected chi connectivity index (χ4v) is 3.35. The molecule has 32 heavy (non-hydrogen) atoms. The third-order valence-corrected chi connectivity index (χ3v) is 5.96. The van der Waals surface area contributed by atoms with E-state index in [2.05, 4.69) is 5.32 Å². The van der Waals surface area contributed by atoms with Crippen molar-refractivity contribution in [2.75, 3.05) is 37.9 Å². The number of halogens is 2. The van der Waals surface area contributed by atoms with E-state index in [0.717, 1.165) is 0 Å². The van der Waals surface area contributed by atoms with Crippen molar-refractivity contribution in [3.63, 3.8) is 0 Å². The lowest BCUT2D eigenvalue weighted by molar-refractivity contribution is -0.156. The first-order valence-corrected chi connectivity index (χ1v) is 12.5. The Labute approximate surface area is 189 Å². The number of hydrogen-bond donors (Lipinski definition) is 4. The van der Waals surface area contributed by atoms with E-state index in [4.69, 9.17) is 29.7 Å². The molecule has 0 aromatic rings. The van der Waals surface area contributed by atoms with E-state index >= 15 is 0 Å². The lowest BCUT2D eigenvalue weighted by atomic mass is 10.3. The first-order valence-electron chi connectivity index (χ1n) is 9.75. The summed E-state index contributed by atoms with van der Waals surface area (Å²) in [4.78, 5) is 51.5. The van der Waals surface area contributed by atoms with Crippen molar-refractivity contribution < 1.29 is 51.7 Å². The molecule has 5 N–H and O–H groups in total. The Balaban J connectivity index is 4.17. The number of hydrogen-bond acceptors (Lipinski definition) is 9. The minimum Gasteiger partial charge on any atom is -0.462 e. The molecular weight excluding hydrogens is 477 g/mol. The molecule has 0 rings (SSSR count). The molecule has 0 aliphatic heterocycles. The normalized spacial score (nSPS) is 13.8. The molecule has 0 saturated carbocycles. The Morgan fingerprint density at radius 3 is 2.44 bits per heavy atom. The fourth-order valence-electron chi connectivity index (χ4n) is 2.00. The molecule has 11 nitrogen and oxygen atoms in total. The van der Waals surface area contributed by atoms with Crippen LogP contribution in [0.2, 0.25) is 0 Å². The molecular formula is C17H31F2N2O9PS. The fraction of sp³-hybridized carbons (Fsp3) is 0.824. The van der Waals surface area contributed by atoms with Crippen molar-refractivity contribution >= 4 is 37.2 Å². The van der Waals surface area contributed by atoms with E-state index in [0.29, 0.717) is 6.42 Å². The van der Waals surface area contributed by atoms with Crippen LogP contribution in [0.5, 0.6) is 0 Å². The minimum atomic E-state index is -5.55. The van der Waals surface area contributed by atoms with Crippen LogP contribution in [0, 0.1) is 0 Å². The molecule has 0 aromatic heterocycles. The third kappa shape index (κ3) is 14.0. The zero-order chi connectivity index (χ0) is 24.8. The summed E-state index contributed by atoms with van der Waals surface area (Å²) < 4.78 is 51.6. The number of ether oxygens (including phenoxy) is 3. The van der Waals surface area contributed by atoms with Crippen molar-refractivity contribution in [2.24, 2.45) is 5.73 Å². The van der Waals surface area contributed by atoms with Gasteiger partial charge in [-0.25, -0.2) is 0 Å². The van der Waals surface area contributed by atoms with Gasteiger partial charge in [-0.2, -0.15) is 20.5 Å². The van der Waals surface area contributed by atoms with Gasteiger partial charge in [0, 0.05) is 37.8 Å². The van der Waals surface area contributed by atoms with Gasteiger partial charge in [-0.1, -0.05) is 6.92 Å². The first-order chi connectivity index (χ1) is 14.8. The number of carbonyl (C=O) groups excluding carboxylic acids is 3. The number of amides is 1. The summed E-state index contributed by atoms with van der Waals surface area (Å²) in [6.45, 7) is 2.14. The quantitative estimate of drug-likeness (QED) is 0.123. The largest absolute Gasteiger partial charge is 0.462 e. The van der Waals surface area contributed by atoms with Crippen LogP contribution in [-0.4, -0.2) is 83.3 Å². The Morgan fingerprint density at radius 2 is 1.88 bits per heavy atom. The summed E-state index contributed by atoms with van der Waals surface area (Å²) in [5.41, 5.74) is 1.60. The number of nitrogens with one attached hydrogen (secondary N) is 1. The van der Waals surface area contributed by atoms with Crippen LogP contribution >= 0.6 is 19.4 Å². The van der Waals surface area contributed by atoms with Gasteiger partial charge < -0.3 is 35.0 Å². The predicted molar refractivity (Wildman–Crippen MR) is 112 cm³/mol. The second kappa shape index (κ2) is 15.5. The number of rotatable bonds is 17. The molecule has 15 heteroatoms. The highest BCUT2D eigenvalue weighted by Crippen LogP contribution is 2.54. The molecule has 0 bridgehead atoms. The van der Waals surface area contributed by atoms with Gasteiger partial charge >= 0.3 is 25.2 Å². The van der Waals surface area contributed by atoms with Crippen LogP contribution < -0.4 is 11.1 Å². The maximum atomic E-state index is 13.1. The highest BCUT2D eigenvalue weighted by Gasteiger charge is 2.47. The van der Waals surface area contributed by atoms with Crippen LogP contribution in [0.3, 0.4) is 0 Å². The average Bonchev–Trinajstić information content (AvgIpc) is 2.67. The molecule has 0 aliphatic carbocycles. The monoisotopic (exact) mass is 508 g/mol. The van der Waals surface area contributed by atoms with Gasteiger partial charge in [-0.15, -0.1) is 0 Å². The van der Waals surface area contributed by atoms with Crippen LogP contribution in [0.1, 0.15) is 33.1 Å². The van der Waals surface area contributed by atoms with E-state index in [1.54, 1.807) is 0 Å². The zero-order valence-corrected chi connectivity index (χ0v) is 19.7. The number of carbonyl (C=O) groups is 3. The molecule has 0 saturated heterocycles. The molecule has 0 radical (unpaired) electrons. The Morgan fingerprint density at radius 1 is 1.22 bits per heavy atom. The number of esters is 2. The molecule has 2 atom stereocenters. The summed E-state index contributed by atoms with van der Waals surface area (Å²) in [5.74, 6) is -1.05. The summed E-state index contributed by atoms with van der Waals surface area (Å²) in [6.07, 6.45) is -1.01. The van der Waals surface area contributed by atoms with Crippen molar-refractivity contribution in [2.45, 2.75) is 50.9 Å². The molecule has 0 aliphatic rings. The molecule has 0 spiro atoms. The molecule has 0 fully saturated rings. The lowest BCUT2D eigenvalue weighted by Gasteiger charge is -2.18. The SMILES string of the molecule is CCCC(=O)OC(COC(C)=O)CSCC(N)C(=O)NCCOCCC(F)(F)P(=O)(O)O. The van der Waals surface area contributed by atoms with Gasteiger partial charge in [0.25, 0.3) is 0 Å². The highest BCUT2D eigenvalue weighted by atomic mass is 32.2. The van der Waals surface area contributed by atoms with E-state index in [9.17, 15) is 27.7 Å². The van der Waals surface area contributed by atoms with Crippen molar-refractivity contribution in [1.29, 1.82) is 0 Å². The topological polar surface area (TPSA) is 174 Å². The van der Waals surface area contributed by atoms with Gasteiger partial charge in [0.2, 0.25) is 5.91 Å². The number of nitrogens with two attached hydrogens (primary N) is 1. The van der Waals surface area contributed by atoms with Crippen molar-refractivity contribution in [3.05, 3.63) is 0 Å². The van der Waals surface area contributed by atoms with E-state index in [-0.39, 0.29) is 37.7 Å². The van der Waals surface area contributed by atoms with Crippen molar-refractivity contribution in [3.8, 4) is 0 Å². The Bertz CT molecular complexity index is 652. The van der Waals surface area contributed by atoms with Gasteiger partial charge in [0.15, 0.2) is 0 Å². The standard InChI is InChI=1S/C17H31F2N2O9PS/c1-3-4-15(23)30-13(9-29-12(2)22)10-32-11-14(20)16(24)21-6-8-28-7-5-17(18,19)31(25,26)27/h13-14H,3-11,20H2,1-2H3,(H,21,24)(H2,25,26,27). The minimum absolute atomic E-state index is 0.0393. The molecule has 188 valence electrons. The predicted octanol–water partition coefficient (Wildman–Crippen LogP) is 0.615. The molecule has 1 amide bonds.